The summed E-state index contributed by atoms with van der Waals surface area (Å²) in [5, 5.41) is -0.520. The fourth-order valence-electron chi connectivity index (χ4n) is 6.67. The van der Waals surface area contributed by atoms with Gasteiger partial charge in [-0.15, -0.1) is 13.2 Å². The summed E-state index contributed by atoms with van der Waals surface area (Å²) in [5.74, 6) is 3.22. The van der Waals surface area contributed by atoms with Gasteiger partial charge in [-0.1, -0.05) is 72.8 Å². The Morgan fingerprint density at radius 2 is 1.12 bits per heavy atom. The lowest BCUT2D eigenvalue weighted by atomic mass is 9.88. The van der Waals surface area contributed by atoms with Crippen LogP contribution in [-0.2, 0) is 22.6 Å². The molecule has 1 heterocycles. The quantitative estimate of drug-likeness (QED) is 0.0798. The van der Waals surface area contributed by atoms with E-state index in [0.29, 0.717) is 58.3 Å². The molecule has 254 valence electrons. The van der Waals surface area contributed by atoms with E-state index in [9.17, 15) is 0 Å². The zero-order valence-corrected chi connectivity index (χ0v) is 29.3. The van der Waals surface area contributed by atoms with Crippen LogP contribution in [0.25, 0.3) is 11.1 Å². The van der Waals surface area contributed by atoms with Gasteiger partial charge in [0.1, 0.15) is 33.9 Å². The van der Waals surface area contributed by atoms with Crippen LogP contribution in [0.4, 0.5) is 11.4 Å². The first-order valence-corrected chi connectivity index (χ1v) is 18.4. The molecule has 4 N–H and O–H groups in total. The van der Waals surface area contributed by atoms with Gasteiger partial charge in [0, 0.05) is 16.9 Å². The highest BCUT2D eigenvalue weighted by atomic mass is 31.2. The molecule has 0 spiro atoms. The normalized spacial score (nSPS) is 14.8. The minimum absolute atomic E-state index is 0.523. The molecule has 1 aliphatic rings. The van der Waals surface area contributed by atoms with Crippen LogP contribution in [0.2, 0.25) is 0 Å². The summed E-state index contributed by atoms with van der Waals surface area (Å²) in [6, 6.07) is 42.1. The lowest BCUT2D eigenvalue weighted by molar-refractivity contribution is 0.460. The second-order valence-corrected chi connectivity index (χ2v) is 15.4. The van der Waals surface area contributed by atoms with Crippen LogP contribution < -0.4 is 30.8 Å². The van der Waals surface area contributed by atoms with Gasteiger partial charge in [-0.05, 0) is 120 Å². The van der Waals surface area contributed by atoms with Gasteiger partial charge in [0.15, 0.2) is 0 Å². The highest BCUT2D eigenvalue weighted by molar-refractivity contribution is 7.69. The first-order chi connectivity index (χ1) is 24.7. The highest BCUT2D eigenvalue weighted by Crippen LogP contribution is 2.69. The first-order valence-electron chi connectivity index (χ1n) is 16.8. The van der Waals surface area contributed by atoms with E-state index in [1.54, 1.807) is 24.3 Å². The Kier molecular flexibility index (Phi) is 9.03. The van der Waals surface area contributed by atoms with E-state index < -0.39 is 12.5 Å². The smallest absolute Gasteiger partial charge is 0.292 e. The fraction of sp³-hybridized carbons (Fsp3) is 0.0909. The Bertz CT molecular complexity index is 2190. The van der Waals surface area contributed by atoms with E-state index in [4.69, 9.17) is 25.5 Å². The molecule has 6 aromatic carbocycles. The molecule has 7 heteroatoms. The van der Waals surface area contributed by atoms with Crippen LogP contribution in [0.3, 0.4) is 0 Å². The van der Waals surface area contributed by atoms with Crippen LogP contribution in [0.1, 0.15) is 29.2 Å². The maximum Gasteiger partial charge on any atom is 0.292 e. The summed E-state index contributed by atoms with van der Waals surface area (Å²) in [7, 11) is -3.81. The minimum Gasteiger partial charge on any atom is -0.457 e. The molecule has 6 aromatic rings. The summed E-state index contributed by atoms with van der Waals surface area (Å²) in [5.41, 5.74) is 18.3. The molecule has 1 atom stereocenters. The summed E-state index contributed by atoms with van der Waals surface area (Å²) < 4.78 is 35.8. The predicted molar refractivity (Wildman–Crippen MR) is 209 cm³/mol. The number of anilines is 2. The van der Waals surface area contributed by atoms with E-state index in [0.717, 1.165) is 33.4 Å². The Labute approximate surface area is 299 Å². The Balaban J connectivity index is 1.44. The maximum absolute atomic E-state index is 16.2. The van der Waals surface area contributed by atoms with Gasteiger partial charge in [-0.25, -0.2) is 0 Å². The zero-order chi connectivity index (χ0) is 35.6. The van der Waals surface area contributed by atoms with Gasteiger partial charge in [0.05, 0.1) is 5.30 Å². The van der Waals surface area contributed by atoms with Gasteiger partial charge >= 0.3 is 0 Å². The van der Waals surface area contributed by atoms with E-state index in [-0.39, 0.29) is 0 Å². The maximum atomic E-state index is 16.2. The van der Waals surface area contributed by atoms with E-state index >= 15 is 4.57 Å². The fourth-order valence-corrected chi connectivity index (χ4v) is 9.62. The molecule has 0 saturated heterocycles. The number of nitrogen functional groups attached to an aromatic ring is 2. The van der Waals surface area contributed by atoms with Crippen molar-refractivity contribution in [1.29, 1.82) is 0 Å². The molecule has 1 unspecified atom stereocenters. The molecule has 51 heavy (non-hydrogen) atoms. The largest absolute Gasteiger partial charge is 0.457 e. The number of benzene rings is 6. The summed E-state index contributed by atoms with van der Waals surface area (Å²) >= 11 is 0. The van der Waals surface area contributed by atoms with Gasteiger partial charge in [-0.3, -0.25) is 4.57 Å². The number of fused-ring (bicyclic) bond motifs is 3. The molecule has 6 nitrogen and oxygen atoms in total. The Hall–Kier alpha value is -5.97. The minimum atomic E-state index is -3.81. The second kappa shape index (κ2) is 13.7. The summed E-state index contributed by atoms with van der Waals surface area (Å²) in [6.07, 6.45) is 4.72. The monoisotopic (exact) mass is 690 g/mol. The topological polar surface area (TPSA) is 96.8 Å². The third-order valence-electron chi connectivity index (χ3n) is 9.40. The Morgan fingerprint density at radius 1 is 0.647 bits per heavy atom. The number of hydrogen-bond acceptors (Lipinski definition) is 6. The summed E-state index contributed by atoms with van der Waals surface area (Å²) in [6.45, 7) is 10.1. The number of allylic oxidation sites excluding steroid dienone is 2. The number of ether oxygens (including phenoxy) is 2. The molecule has 0 saturated carbocycles. The van der Waals surface area contributed by atoms with Gasteiger partial charge < -0.3 is 25.5 Å². The van der Waals surface area contributed by atoms with E-state index in [1.807, 2.05) is 116 Å². The van der Waals surface area contributed by atoms with Crippen LogP contribution in [0.15, 0.2) is 159 Å². The molecule has 7 rings (SSSR count). The standard InChI is InChI=1S/C44H39N2O4P/c1-4-10-30-28-32(16-26-40(30)48-36-22-18-34(45)19-23-36)44(3,51(47)43-15-9-7-13-39(43)38-12-6-8-14-42(38)50-51)33-17-27-41(31(29-33)11-5-2)49-37-24-20-35(46)21-25-37/h4-9,12-29H,1-2,10-11,45-46H2,3H3. The lowest BCUT2D eigenvalue weighted by Gasteiger charge is -2.42. The van der Waals surface area contributed by atoms with Crippen molar-refractivity contribution >= 4 is 24.0 Å². The van der Waals surface area contributed by atoms with E-state index in [1.165, 1.54) is 0 Å². The van der Waals surface area contributed by atoms with Gasteiger partial charge in [-0.2, -0.15) is 0 Å². The van der Waals surface area contributed by atoms with Gasteiger partial charge in [0.25, 0.3) is 7.37 Å². The van der Waals surface area contributed by atoms with Crippen LogP contribution >= 0.6 is 7.37 Å². The molecular weight excluding hydrogens is 651 g/mol. The Morgan fingerprint density at radius 3 is 1.63 bits per heavy atom. The van der Waals surface area contributed by atoms with Gasteiger partial charge in [0.2, 0.25) is 0 Å². The second-order valence-electron chi connectivity index (χ2n) is 12.7. The molecule has 0 fully saturated rings. The average molecular weight is 691 g/mol. The zero-order valence-electron chi connectivity index (χ0n) is 28.4. The third kappa shape index (κ3) is 6.20. The van der Waals surface area contributed by atoms with Crippen LogP contribution in [0, 0.1) is 0 Å². The van der Waals surface area contributed by atoms with Crippen molar-refractivity contribution in [2.45, 2.75) is 24.9 Å². The predicted octanol–water partition coefficient (Wildman–Crippen LogP) is 10.8. The van der Waals surface area contributed by atoms with Crippen molar-refractivity contribution < 1.29 is 18.6 Å². The molecule has 0 bridgehead atoms. The molecule has 1 aliphatic heterocycles. The van der Waals surface area contributed by atoms with Crippen molar-refractivity contribution in [3.63, 3.8) is 0 Å². The number of para-hydroxylation sites is 1. The average Bonchev–Trinajstić information content (AvgIpc) is 3.15. The van der Waals surface area contributed by atoms with Crippen molar-refractivity contribution in [2.75, 3.05) is 11.5 Å². The molecule has 0 amide bonds. The molecule has 0 aliphatic carbocycles. The number of hydrogen-bond donors (Lipinski definition) is 2. The lowest BCUT2D eigenvalue weighted by Crippen LogP contribution is -2.34. The first kappa shape index (κ1) is 33.5. The van der Waals surface area contributed by atoms with Crippen molar-refractivity contribution in [1.82, 2.24) is 0 Å². The van der Waals surface area contributed by atoms with Crippen molar-refractivity contribution in [3.05, 3.63) is 181 Å². The SMILES string of the molecule is C=CCc1cc(C(C)(c2ccc(Oc3ccc(N)cc3)c(CC=C)c2)P2(=O)Oc3ccccc3-c3ccccc32)ccc1Oc1ccc(N)cc1. The van der Waals surface area contributed by atoms with Crippen molar-refractivity contribution in [2.24, 2.45) is 0 Å². The van der Waals surface area contributed by atoms with Crippen molar-refractivity contribution in [3.8, 4) is 39.9 Å². The highest BCUT2D eigenvalue weighted by Gasteiger charge is 2.54. The van der Waals surface area contributed by atoms with Crippen LogP contribution in [0.5, 0.6) is 28.7 Å². The summed E-state index contributed by atoms with van der Waals surface area (Å²) in [4.78, 5) is 0. The molecule has 0 aromatic heterocycles. The molecule has 0 radical (unpaired) electrons. The number of rotatable bonds is 11. The number of nitrogens with two attached hydrogens (primary N) is 2. The van der Waals surface area contributed by atoms with Crippen LogP contribution in [-0.4, -0.2) is 0 Å². The molecular formula is C44H39N2O4P. The van der Waals surface area contributed by atoms with E-state index in [2.05, 4.69) is 25.3 Å². The third-order valence-corrected chi connectivity index (χ3v) is 12.6.